The lowest BCUT2D eigenvalue weighted by Crippen LogP contribution is -2.47. The topological polar surface area (TPSA) is 86.5 Å². The van der Waals surface area contributed by atoms with E-state index in [-0.39, 0.29) is 36.6 Å². The van der Waals surface area contributed by atoms with Crippen LogP contribution in [0.15, 0.2) is 18.3 Å². The van der Waals surface area contributed by atoms with Crippen LogP contribution >= 0.6 is 36.4 Å². The van der Waals surface area contributed by atoms with Crippen molar-refractivity contribution in [1.29, 1.82) is 0 Å². The van der Waals surface area contributed by atoms with E-state index in [0.717, 1.165) is 12.8 Å². The lowest BCUT2D eigenvalue weighted by Gasteiger charge is -2.26. The molecule has 0 radical (unpaired) electrons. The van der Waals surface area contributed by atoms with Crippen molar-refractivity contribution in [2.24, 2.45) is 11.7 Å². The Balaban J connectivity index is 0.00000242. The number of halogens is 3. The number of ether oxygens (including phenoxy) is 2. The molecule has 0 spiro atoms. The molecule has 9 heteroatoms. The predicted octanol–water partition coefficient (Wildman–Crippen LogP) is 1.83. The number of hydrogen-bond donors (Lipinski definition) is 2. The molecule has 23 heavy (non-hydrogen) atoms. The predicted molar refractivity (Wildman–Crippen MR) is 93.8 cm³/mol. The third-order valence-electron chi connectivity index (χ3n) is 3.44. The smallest absolute Gasteiger partial charge is 0.237 e. The average molecular weight is 387 g/mol. The van der Waals surface area contributed by atoms with Gasteiger partial charge in [-0.3, -0.25) is 4.79 Å². The van der Waals surface area contributed by atoms with Gasteiger partial charge < -0.3 is 20.5 Å². The Morgan fingerprint density at radius 3 is 2.83 bits per heavy atom. The lowest BCUT2D eigenvalue weighted by atomic mass is 9.92. The number of hydrogen-bond acceptors (Lipinski definition) is 5. The third-order valence-corrected chi connectivity index (χ3v) is 3.73. The average Bonchev–Trinajstić information content (AvgIpc) is 2.53. The van der Waals surface area contributed by atoms with Crippen molar-refractivity contribution in [1.82, 2.24) is 10.3 Å². The molecule has 6 nitrogen and oxygen atoms in total. The molecule has 1 aliphatic heterocycles. The SMILES string of the molecule is Cl.Cl.NC(C(=O)NCCOc1ncccc1Cl)C1CCOCC1. The van der Waals surface area contributed by atoms with Crippen LogP contribution in [0.4, 0.5) is 0 Å². The van der Waals surface area contributed by atoms with Crippen LogP contribution in [0.2, 0.25) is 5.02 Å². The highest BCUT2D eigenvalue weighted by Crippen LogP contribution is 2.19. The van der Waals surface area contributed by atoms with Gasteiger partial charge in [0.25, 0.3) is 0 Å². The molecular formula is C14H22Cl3N3O3. The van der Waals surface area contributed by atoms with Crippen LogP contribution in [0.5, 0.6) is 5.88 Å². The molecule has 1 aromatic heterocycles. The normalized spacial score (nSPS) is 15.7. The van der Waals surface area contributed by atoms with E-state index in [1.165, 1.54) is 0 Å². The first-order valence-electron chi connectivity index (χ1n) is 7.03. The number of carbonyl (C=O) groups excluding carboxylic acids is 1. The summed E-state index contributed by atoms with van der Waals surface area (Å²) in [6.07, 6.45) is 3.25. The van der Waals surface area contributed by atoms with Crippen LogP contribution in [-0.4, -0.2) is 43.3 Å². The zero-order valence-electron chi connectivity index (χ0n) is 12.6. The van der Waals surface area contributed by atoms with Crippen LogP contribution in [0.1, 0.15) is 12.8 Å². The van der Waals surface area contributed by atoms with Crippen LogP contribution in [0.25, 0.3) is 0 Å². The van der Waals surface area contributed by atoms with E-state index in [4.69, 9.17) is 26.8 Å². The number of nitrogens with one attached hydrogen (secondary N) is 1. The van der Waals surface area contributed by atoms with Gasteiger partial charge in [-0.05, 0) is 30.9 Å². The summed E-state index contributed by atoms with van der Waals surface area (Å²) in [5.41, 5.74) is 5.97. The number of carbonyl (C=O) groups is 1. The number of nitrogens with two attached hydrogens (primary N) is 1. The Morgan fingerprint density at radius 1 is 1.48 bits per heavy atom. The Morgan fingerprint density at radius 2 is 2.17 bits per heavy atom. The van der Waals surface area contributed by atoms with Crippen LogP contribution in [0.3, 0.4) is 0 Å². The quantitative estimate of drug-likeness (QED) is 0.728. The van der Waals surface area contributed by atoms with Crippen molar-refractivity contribution in [3.63, 3.8) is 0 Å². The van der Waals surface area contributed by atoms with Gasteiger partial charge in [0.2, 0.25) is 11.8 Å². The van der Waals surface area contributed by atoms with Crippen LogP contribution in [0, 0.1) is 5.92 Å². The molecule has 2 rings (SSSR count). The van der Waals surface area contributed by atoms with Crippen molar-refractivity contribution < 1.29 is 14.3 Å². The molecule has 1 saturated heterocycles. The summed E-state index contributed by atoms with van der Waals surface area (Å²) in [6, 6.07) is 2.93. The molecule has 1 unspecified atom stereocenters. The molecule has 1 aromatic rings. The highest BCUT2D eigenvalue weighted by atomic mass is 35.5. The first-order chi connectivity index (χ1) is 10.2. The van der Waals surface area contributed by atoms with E-state index in [9.17, 15) is 4.79 Å². The Hall–Kier alpha value is -0.790. The lowest BCUT2D eigenvalue weighted by molar-refractivity contribution is -0.124. The Bertz CT molecular complexity index is 474. The summed E-state index contributed by atoms with van der Waals surface area (Å²) in [5, 5.41) is 3.22. The maximum absolute atomic E-state index is 11.9. The zero-order chi connectivity index (χ0) is 15.1. The Kier molecular flexibility index (Phi) is 11.3. The van der Waals surface area contributed by atoms with Crippen molar-refractivity contribution in [2.45, 2.75) is 18.9 Å². The molecule has 2 heterocycles. The van der Waals surface area contributed by atoms with Gasteiger partial charge in [0.1, 0.15) is 11.6 Å². The summed E-state index contributed by atoms with van der Waals surface area (Å²) in [6.45, 7) is 2.01. The molecule has 132 valence electrons. The maximum atomic E-state index is 11.9. The summed E-state index contributed by atoms with van der Waals surface area (Å²) >= 11 is 5.91. The second kappa shape index (κ2) is 11.7. The fourth-order valence-corrected chi connectivity index (χ4v) is 2.38. The highest BCUT2D eigenvalue weighted by molar-refractivity contribution is 6.31. The molecule has 1 atom stereocenters. The van der Waals surface area contributed by atoms with E-state index >= 15 is 0 Å². The summed E-state index contributed by atoms with van der Waals surface area (Å²) in [5.74, 6) is 0.393. The molecule has 0 saturated carbocycles. The molecule has 1 fully saturated rings. The molecule has 1 aliphatic rings. The molecule has 3 N–H and O–H groups in total. The fourth-order valence-electron chi connectivity index (χ4n) is 2.21. The molecule has 0 aromatic carbocycles. The molecule has 0 aliphatic carbocycles. The zero-order valence-corrected chi connectivity index (χ0v) is 15.0. The first-order valence-corrected chi connectivity index (χ1v) is 7.40. The third kappa shape index (κ3) is 7.10. The van der Waals surface area contributed by atoms with Crippen molar-refractivity contribution >= 4 is 42.3 Å². The van der Waals surface area contributed by atoms with E-state index in [2.05, 4.69) is 10.3 Å². The monoisotopic (exact) mass is 385 g/mol. The van der Waals surface area contributed by atoms with Gasteiger partial charge in [0.15, 0.2) is 0 Å². The number of aromatic nitrogens is 1. The number of nitrogens with zero attached hydrogens (tertiary/aromatic N) is 1. The maximum Gasteiger partial charge on any atom is 0.237 e. The number of rotatable bonds is 6. The van der Waals surface area contributed by atoms with Crippen LogP contribution < -0.4 is 15.8 Å². The van der Waals surface area contributed by atoms with Crippen molar-refractivity contribution in [3.8, 4) is 5.88 Å². The standard InChI is InChI=1S/C14H20ClN3O3.2ClH/c15-11-2-1-5-18-14(11)21-9-6-17-13(19)12(16)10-3-7-20-8-4-10;;/h1-2,5,10,12H,3-4,6-9,16H2,(H,17,19);2*1H. The summed E-state index contributed by atoms with van der Waals surface area (Å²) in [7, 11) is 0. The summed E-state index contributed by atoms with van der Waals surface area (Å²) in [4.78, 5) is 15.9. The van der Waals surface area contributed by atoms with Gasteiger partial charge in [0, 0.05) is 19.4 Å². The summed E-state index contributed by atoms with van der Waals surface area (Å²) < 4.78 is 10.7. The second-order valence-electron chi connectivity index (χ2n) is 4.91. The van der Waals surface area contributed by atoms with E-state index in [1.54, 1.807) is 18.3 Å². The highest BCUT2D eigenvalue weighted by Gasteiger charge is 2.26. The largest absolute Gasteiger partial charge is 0.475 e. The minimum Gasteiger partial charge on any atom is -0.475 e. The molecule has 0 bridgehead atoms. The second-order valence-corrected chi connectivity index (χ2v) is 5.31. The van der Waals surface area contributed by atoms with E-state index in [1.807, 2.05) is 0 Å². The minimum atomic E-state index is -0.493. The molecule has 1 amide bonds. The molecular weight excluding hydrogens is 365 g/mol. The van der Waals surface area contributed by atoms with Gasteiger partial charge in [-0.15, -0.1) is 24.8 Å². The number of pyridine rings is 1. The minimum absolute atomic E-state index is 0. The van der Waals surface area contributed by atoms with Gasteiger partial charge in [-0.2, -0.15) is 0 Å². The van der Waals surface area contributed by atoms with Crippen molar-refractivity contribution in [3.05, 3.63) is 23.4 Å². The fraction of sp³-hybridized carbons (Fsp3) is 0.571. The number of amides is 1. The van der Waals surface area contributed by atoms with Gasteiger partial charge in [-0.1, -0.05) is 11.6 Å². The van der Waals surface area contributed by atoms with Gasteiger partial charge >= 0.3 is 0 Å². The van der Waals surface area contributed by atoms with Crippen molar-refractivity contribution in [2.75, 3.05) is 26.4 Å². The van der Waals surface area contributed by atoms with Gasteiger partial charge in [-0.25, -0.2) is 4.98 Å². The Labute approximate surface area is 153 Å². The van der Waals surface area contributed by atoms with E-state index in [0.29, 0.717) is 37.3 Å². The van der Waals surface area contributed by atoms with Crippen LogP contribution in [-0.2, 0) is 9.53 Å². The van der Waals surface area contributed by atoms with E-state index < -0.39 is 6.04 Å². The van der Waals surface area contributed by atoms with Gasteiger partial charge in [0.05, 0.1) is 12.6 Å². The first kappa shape index (κ1) is 22.2.